The van der Waals surface area contributed by atoms with Crippen molar-refractivity contribution in [2.75, 3.05) is 7.05 Å². The lowest BCUT2D eigenvalue weighted by atomic mass is 9.99. The SMILES string of the molecule is CN(Cc1cc(Br)cs1)C(C)(C)CC(=O)O. The zero-order chi connectivity index (χ0) is 12.3. The highest BCUT2D eigenvalue weighted by Gasteiger charge is 2.26. The van der Waals surface area contributed by atoms with Crippen molar-refractivity contribution in [3.8, 4) is 0 Å². The van der Waals surface area contributed by atoms with Gasteiger partial charge in [-0.1, -0.05) is 0 Å². The Hall–Kier alpha value is -0.390. The molecule has 0 amide bonds. The summed E-state index contributed by atoms with van der Waals surface area (Å²) in [4.78, 5) is 14.0. The lowest BCUT2D eigenvalue weighted by Crippen LogP contribution is -2.42. The molecule has 0 aliphatic carbocycles. The zero-order valence-electron chi connectivity index (χ0n) is 9.66. The Morgan fingerprint density at radius 3 is 2.69 bits per heavy atom. The first-order valence-corrected chi connectivity index (χ1v) is 6.64. The number of aliphatic carboxylic acids is 1. The number of rotatable bonds is 5. The highest BCUT2D eigenvalue weighted by atomic mass is 79.9. The molecule has 1 N–H and O–H groups in total. The lowest BCUT2D eigenvalue weighted by Gasteiger charge is -2.34. The minimum Gasteiger partial charge on any atom is -0.481 e. The number of carbonyl (C=O) groups is 1. The van der Waals surface area contributed by atoms with Gasteiger partial charge in [0.25, 0.3) is 0 Å². The summed E-state index contributed by atoms with van der Waals surface area (Å²) in [7, 11) is 1.95. The van der Waals surface area contributed by atoms with E-state index in [-0.39, 0.29) is 12.0 Å². The molecule has 0 atom stereocenters. The Morgan fingerprint density at radius 1 is 1.62 bits per heavy atom. The fourth-order valence-corrected chi connectivity index (χ4v) is 2.89. The van der Waals surface area contributed by atoms with Crippen LogP contribution in [0.5, 0.6) is 0 Å². The van der Waals surface area contributed by atoms with Crippen molar-refractivity contribution < 1.29 is 9.90 Å². The molecule has 0 saturated heterocycles. The summed E-state index contributed by atoms with van der Waals surface area (Å²) >= 11 is 5.09. The third kappa shape index (κ3) is 3.88. The van der Waals surface area contributed by atoms with Crippen molar-refractivity contribution in [1.82, 2.24) is 4.90 Å². The molecule has 1 aromatic rings. The quantitative estimate of drug-likeness (QED) is 0.908. The van der Waals surface area contributed by atoms with Gasteiger partial charge in [-0.15, -0.1) is 11.3 Å². The van der Waals surface area contributed by atoms with Crippen LogP contribution in [0.15, 0.2) is 15.9 Å². The second-order valence-corrected chi connectivity index (χ2v) is 6.38. The van der Waals surface area contributed by atoms with Gasteiger partial charge in [0.2, 0.25) is 0 Å². The van der Waals surface area contributed by atoms with E-state index in [1.54, 1.807) is 11.3 Å². The second kappa shape index (κ2) is 5.29. The molecule has 0 aromatic carbocycles. The van der Waals surface area contributed by atoms with E-state index in [9.17, 15) is 4.79 Å². The van der Waals surface area contributed by atoms with E-state index < -0.39 is 5.97 Å². The standard InChI is InChI=1S/C11H16BrNO2S/c1-11(2,5-10(14)15)13(3)6-9-4-8(12)7-16-9/h4,7H,5-6H2,1-3H3,(H,14,15). The summed E-state index contributed by atoms with van der Waals surface area (Å²) in [6.07, 6.45) is 0.149. The third-order valence-electron chi connectivity index (χ3n) is 2.63. The first-order valence-electron chi connectivity index (χ1n) is 4.97. The van der Waals surface area contributed by atoms with Crippen LogP contribution in [0.4, 0.5) is 0 Å². The summed E-state index contributed by atoms with van der Waals surface area (Å²) in [5.41, 5.74) is -0.331. The Labute approximate surface area is 108 Å². The van der Waals surface area contributed by atoms with Crippen molar-refractivity contribution in [3.63, 3.8) is 0 Å². The molecule has 0 spiro atoms. The van der Waals surface area contributed by atoms with E-state index in [1.165, 1.54) is 4.88 Å². The van der Waals surface area contributed by atoms with E-state index in [2.05, 4.69) is 26.9 Å². The summed E-state index contributed by atoms with van der Waals surface area (Å²) in [5, 5.41) is 10.9. The van der Waals surface area contributed by atoms with Crippen LogP contribution in [0, 0.1) is 0 Å². The second-order valence-electron chi connectivity index (χ2n) is 4.47. The molecule has 90 valence electrons. The first kappa shape index (κ1) is 13.7. The predicted octanol–water partition coefficient (Wildman–Crippen LogP) is 3.20. The van der Waals surface area contributed by atoms with Gasteiger partial charge >= 0.3 is 5.97 Å². The largest absolute Gasteiger partial charge is 0.481 e. The molecule has 0 saturated carbocycles. The highest BCUT2D eigenvalue weighted by molar-refractivity contribution is 9.10. The van der Waals surface area contributed by atoms with Gasteiger partial charge in [-0.3, -0.25) is 9.69 Å². The molecule has 16 heavy (non-hydrogen) atoms. The average Bonchev–Trinajstić information content (AvgIpc) is 2.48. The molecule has 0 aliphatic heterocycles. The zero-order valence-corrected chi connectivity index (χ0v) is 12.1. The van der Waals surface area contributed by atoms with E-state index in [1.807, 2.05) is 26.3 Å². The number of thiophene rings is 1. The topological polar surface area (TPSA) is 40.5 Å². The molecule has 1 heterocycles. The van der Waals surface area contributed by atoms with Gasteiger partial charge in [-0.2, -0.15) is 0 Å². The van der Waals surface area contributed by atoms with Crippen molar-refractivity contribution in [2.45, 2.75) is 32.4 Å². The van der Waals surface area contributed by atoms with Crippen molar-refractivity contribution >= 4 is 33.2 Å². The Bertz CT molecular complexity index is 376. The monoisotopic (exact) mass is 305 g/mol. The van der Waals surface area contributed by atoms with Crippen LogP contribution >= 0.6 is 27.3 Å². The highest BCUT2D eigenvalue weighted by Crippen LogP contribution is 2.25. The number of nitrogens with zero attached hydrogens (tertiary/aromatic N) is 1. The van der Waals surface area contributed by atoms with E-state index in [4.69, 9.17) is 5.11 Å². The fraction of sp³-hybridized carbons (Fsp3) is 0.545. The van der Waals surface area contributed by atoms with Crippen molar-refractivity contribution in [1.29, 1.82) is 0 Å². The maximum absolute atomic E-state index is 10.7. The van der Waals surface area contributed by atoms with E-state index in [0.717, 1.165) is 11.0 Å². The summed E-state index contributed by atoms with van der Waals surface area (Å²) in [6, 6.07) is 2.07. The maximum Gasteiger partial charge on any atom is 0.305 e. The first-order chi connectivity index (χ1) is 7.31. The average molecular weight is 306 g/mol. The number of carboxylic acids is 1. The molecule has 0 fully saturated rings. The summed E-state index contributed by atoms with van der Waals surface area (Å²) < 4.78 is 1.08. The predicted molar refractivity (Wildman–Crippen MR) is 69.8 cm³/mol. The minimum atomic E-state index is -0.760. The molecule has 0 radical (unpaired) electrons. The Kier molecular flexibility index (Phi) is 4.52. The van der Waals surface area contributed by atoms with Gasteiger partial charge in [0, 0.05) is 26.8 Å². The minimum absolute atomic E-state index is 0.149. The molecule has 3 nitrogen and oxygen atoms in total. The molecule has 5 heteroatoms. The van der Waals surface area contributed by atoms with Gasteiger partial charge in [0.15, 0.2) is 0 Å². The van der Waals surface area contributed by atoms with Crippen LogP contribution in [-0.4, -0.2) is 28.6 Å². The normalized spacial score (nSPS) is 12.1. The van der Waals surface area contributed by atoms with Crippen LogP contribution in [-0.2, 0) is 11.3 Å². The summed E-state index contributed by atoms with van der Waals surface area (Å²) in [5.74, 6) is -0.760. The molecule has 0 bridgehead atoms. The maximum atomic E-state index is 10.7. The number of hydrogen-bond acceptors (Lipinski definition) is 3. The number of hydrogen-bond donors (Lipinski definition) is 1. The molecule has 0 unspecified atom stereocenters. The fourth-order valence-electron chi connectivity index (χ4n) is 1.39. The van der Waals surface area contributed by atoms with Crippen molar-refractivity contribution in [3.05, 3.63) is 20.8 Å². The van der Waals surface area contributed by atoms with Gasteiger partial charge < -0.3 is 5.11 Å². The molecule has 1 rings (SSSR count). The molecular weight excluding hydrogens is 290 g/mol. The smallest absolute Gasteiger partial charge is 0.305 e. The number of halogens is 1. The molecular formula is C11H16BrNO2S. The van der Waals surface area contributed by atoms with Gasteiger partial charge in [-0.25, -0.2) is 0 Å². The van der Waals surface area contributed by atoms with E-state index >= 15 is 0 Å². The molecule has 0 aliphatic rings. The van der Waals surface area contributed by atoms with Crippen LogP contribution in [0.2, 0.25) is 0 Å². The Balaban J connectivity index is 2.63. The van der Waals surface area contributed by atoms with Gasteiger partial charge in [0.05, 0.1) is 6.42 Å². The van der Waals surface area contributed by atoms with Gasteiger partial charge in [-0.05, 0) is 42.9 Å². The Morgan fingerprint density at radius 2 is 2.25 bits per heavy atom. The van der Waals surface area contributed by atoms with Crippen molar-refractivity contribution in [2.24, 2.45) is 0 Å². The van der Waals surface area contributed by atoms with Crippen LogP contribution in [0.1, 0.15) is 25.1 Å². The number of carboxylic acid groups (broad SMARTS) is 1. The van der Waals surface area contributed by atoms with Crippen LogP contribution < -0.4 is 0 Å². The summed E-state index contributed by atoms with van der Waals surface area (Å²) in [6.45, 7) is 4.67. The third-order valence-corrected chi connectivity index (χ3v) is 4.31. The molecule has 1 aromatic heterocycles. The lowest BCUT2D eigenvalue weighted by molar-refractivity contribution is -0.139. The van der Waals surface area contributed by atoms with Crippen LogP contribution in [0.25, 0.3) is 0 Å². The van der Waals surface area contributed by atoms with E-state index in [0.29, 0.717) is 0 Å². The van der Waals surface area contributed by atoms with Crippen LogP contribution in [0.3, 0.4) is 0 Å². The van der Waals surface area contributed by atoms with Gasteiger partial charge in [0.1, 0.15) is 0 Å².